The van der Waals surface area contributed by atoms with Gasteiger partial charge in [0, 0.05) is 23.6 Å². The van der Waals surface area contributed by atoms with E-state index in [1.807, 2.05) is 6.92 Å². The van der Waals surface area contributed by atoms with E-state index in [9.17, 15) is 19.5 Å². The van der Waals surface area contributed by atoms with Crippen molar-refractivity contribution in [3.05, 3.63) is 94.8 Å². The average Bonchev–Trinajstić information content (AvgIpc) is 3.17. The van der Waals surface area contributed by atoms with Gasteiger partial charge in [-0.25, -0.2) is 4.79 Å². The zero-order valence-electron chi connectivity index (χ0n) is 22.7. The molecule has 1 aliphatic heterocycles. The molecule has 1 aliphatic rings. The number of hydrogen-bond donors (Lipinski definition) is 1. The highest BCUT2D eigenvalue weighted by Gasteiger charge is 2.47. The number of rotatable bonds is 8. The molecule has 1 atom stereocenters. The lowest BCUT2D eigenvalue weighted by Gasteiger charge is -2.25. The monoisotopic (exact) mass is 528 g/mol. The van der Waals surface area contributed by atoms with Gasteiger partial charge in [0.25, 0.3) is 11.7 Å². The summed E-state index contributed by atoms with van der Waals surface area (Å²) in [5.41, 5.74) is 2.25. The van der Waals surface area contributed by atoms with Crippen LogP contribution in [0.4, 0.5) is 5.69 Å². The summed E-state index contributed by atoms with van der Waals surface area (Å²) in [7, 11) is 0. The molecule has 202 valence electrons. The summed E-state index contributed by atoms with van der Waals surface area (Å²) in [4.78, 5) is 44.8. The second-order valence-corrected chi connectivity index (χ2v) is 10.1. The van der Waals surface area contributed by atoms with Crippen LogP contribution in [-0.2, 0) is 14.3 Å². The molecule has 2 aromatic carbocycles. The maximum Gasteiger partial charge on any atom is 0.338 e. The number of aliphatic hydroxyl groups is 1. The Morgan fingerprint density at radius 3 is 2.36 bits per heavy atom. The molecule has 1 fully saturated rings. The topological polar surface area (TPSA) is 106 Å². The van der Waals surface area contributed by atoms with E-state index in [1.165, 1.54) is 11.0 Å². The number of Topliss-reactive ketones (excluding diaryl/α,β-unsaturated/α-hetero) is 1. The van der Waals surface area contributed by atoms with Gasteiger partial charge in [-0.2, -0.15) is 0 Å². The van der Waals surface area contributed by atoms with Crippen LogP contribution < -0.4 is 9.64 Å². The fraction of sp³-hybridized carbons (Fsp3) is 0.290. The van der Waals surface area contributed by atoms with E-state index in [0.717, 1.165) is 5.56 Å². The number of pyridine rings is 1. The van der Waals surface area contributed by atoms with Crippen LogP contribution in [0, 0.1) is 12.8 Å². The van der Waals surface area contributed by atoms with Crippen molar-refractivity contribution in [1.82, 2.24) is 4.98 Å². The first-order valence-corrected chi connectivity index (χ1v) is 12.8. The summed E-state index contributed by atoms with van der Waals surface area (Å²) in [6.45, 7) is 9.99. The molecule has 0 saturated carbocycles. The van der Waals surface area contributed by atoms with E-state index in [0.29, 0.717) is 35.1 Å². The molecule has 0 radical (unpaired) electrons. The Bertz CT molecular complexity index is 1430. The van der Waals surface area contributed by atoms with Gasteiger partial charge < -0.3 is 14.6 Å². The minimum atomic E-state index is -0.943. The van der Waals surface area contributed by atoms with Crippen molar-refractivity contribution < 1.29 is 29.0 Å². The standard InChI is InChI=1S/C31H32N2O6/c1-18(2)17-38-25-10-9-22(15-20(25)5)28(34)26-27(21-11-13-32-14-12-21)33(30(36)29(26)35)24-8-6-7-23(16-24)31(37)39-19(3)4/h6-16,18-19,27,34H,17H2,1-5H3/b28-26+. The molecule has 39 heavy (non-hydrogen) atoms. The van der Waals surface area contributed by atoms with Gasteiger partial charge in [-0.15, -0.1) is 0 Å². The normalized spacial score (nSPS) is 16.7. The molecule has 8 heteroatoms. The maximum absolute atomic E-state index is 13.4. The lowest BCUT2D eigenvalue weighted by atomic mass is 9.95. The number of ketones is 1. The maximum atomic E-state index is 13.4. The molecule has 8 nitrogen and oxygen atoms in total. The van der Waals surface area contributed by atoms with E-state index in [2.05, 4.69) is 18.8 Å². The minimum absolute atomic E-state index is 0.0587. The van der Waals surface area contributed by atoms with Gasteiger partial charge >= 0.3 is 5.97 Å². The predicted molar refractivity (Wildman–Crippen MR) is 148 cm³/mol. The summed E-state index contributed by atoms with van der Waals surface area (Å²) in [6.07, 6.45) is 2.78. The Labute approximate surface area is 227 Å². The Balaban J connectivity index is 1.82. The third-order valence-corrected chi connectivity index (χ3v) is 6.19. The van der Waals surface area contributed by atoms with Gasteiger partial charge in [0.05, 0.1) is 29.9 Å². The third-order valence-electron chi connectivity index (χ3n) is 6.19. The summed E-state index contributed by atoms with van der Waals surface area (Å²) >= 11 is 0. The van der Waals surface area contributed by atoms with E-state index >= 15 is 0 Å². The van der Waals surface area contributed by atoms with E-state index in [4.69, 9.17) is 9.47 Å². The molecule has 1 N–H and O–H groups in total. The van der Waals surface area contributed by atoms with Crippen molar-refractivity contribution >= 4 is 29.1 Å². The van der Waals surface area contributed by atoms with Crippen molar-refractivity contribution in [2.45, 2.75) is 46.8 Å². The molecule has 0 bridgehead atoms. The van der Waals surface area contributed by atoms with Crippen molar-refractivity contribution in [1.29, 1.82) is 0 Å². The quantitative estimate of drug-likeness (QED) is 0.175. The number of carbonyl (C=O) groups excluding carboxylic acids is 3. The molecular formula is C31H32N2O6. The van der Waals surface area contributed by atoms with Crippen molar-refractivity contribution in [2.75, 3.05) is 11.5 Å². The van der Waals surface area contributed by atoms with Crippen molar-refractivity contribution in [2.24, 2.45) is 5.92 Å². The Morgan fingerprint density at radius 1 is 1.00 bits per heavy atom. The summed E-state index contributed by atoms with van der Waals surface area (Å²) in [5, 5.41) is 11.4. The van der Waals surface area contributed by atoms with E-state index in [1.54, 1.807) is 74.8 Å². The van der Waals surface area contributed by atoms with E-state index < -0.39 is 23.7 Å². The van der Waals surface area contributed by atoms with Crippen LogP contribution >= 0.6 is 0 Å². The molecule has 4 rings (SSSR count). The summed E-state index contributed by atoms with van der Waals surface area (Å²) < 4.78 is 11.1. The zero-order valence-corrected chi connectivity index (χ0v) is 22.7. The highest BCUT2D eigenvalue weighted by atomic mass is 16.5. The number of aryl methyl sites for hydroxylation is 1. The predicted octanol–water partition coefficient (Wildman–Crippen LogP) is 5.62. The van der Waals surface area contributed by atoms with Gasteiger partial charge in [0.15, 0.2) is 0 Å². The number of nitrogens with zero attached hydrogens (tertiary/aromatic N) is 2. The molecule has 1 unspecified atom stereocenters. The lowest BCUT2D eigenvalue weighted by molar-refractivity contribution is -0.132. The van der Waals surface area contributed by atoms with Crippen molar-refractivity contribution in [3.8, 4) is 5.75 Å². The molecule has 3 aromatic rings. The number of amides is 1. The number of aliphatic hydroxyl groups excluding tert-OH is 1. The zero-order chi connectivity index (χ0) is 28.3. The van der Waals surface area contributed by atoms with Crippen LogP contribution in [-0.4, -0.2) is 40.5 Å². The first-order chi connectivity index (χ1) is 18.6. The lowest BCUT2D eigenvalue weighted by Crippen LogP contribution is -2.29. The SMILES string of the molecule is Cc1cc(/C(O)=C2\C(=O)C(=O)N(c3cccc(C(=O)OC(C)C)c3)C2c2ccncc2)ccc1OCC(C)C. The number of aromatic nitrogens is 1. The van der Waals surface area contributed by atoms with Crippen LogP contribution in [0.1, 0.15) is 60.8 Å². The number of benzene rings is 2. The molecule has 2 heterocycles. The smallest absolute Gasteiger partial charge is 0.338 e. The van der Waals surface area contributed by atoms with Gasteiger partial charge in [-0.3, -0.25) is 19.5 Å². The van der Waals surface area contributed by atoms with Crippen LogP contribution in [0.5, 0.6) is 5.75 Å². The molecular weight excluding hydrogens is 496 g/mol. The summed E-state index contributed by atoms with van der Waals surface area (Å²) in [6, 6.07) is 13.9. The van der Waals surface area contributed by atoms with Crippen molar-refractivity contribution in [3.63, 3.8) is 0 Å². The van der Waals surface area contributed by atoms with Gasteiger partial charge in [-0.1, -0.05) is 19.9 Å². The Hall–Kier alpha value is -4.46. The number of hydrogen-bond acceptors (Lipinski definition) is 7. The highest BCUT2D eigenvalue weighted by Crippen LogP contribution is 2.42. The minimum Gasteiger partial charge on any atom is -0.507 e. The largest absolute Gasteiger partial charge is 0.507 e. The van der Waals surface area contributed by atoms with Crippen LogP contribution in [0.15, 0.2) is 72.6 Å². The molecule has 1 aromatic heterocycles. The number of esters is 1. The second kappa shape index (κ2) is 11.5. The van der Waals surface area contributed by atoms with E-state index in [-0.39, 0.29) is 23.0 Å². The fourth-order valence-corrected chi connectivity index (χ4v) is 4.40. The van der Waals surface area contributed by atoms with Crippen LogP contribution in [0.25, 0.3) is 5.76 Å². The molecule has 0 aliphatic carbocycles. The van der Waals surface area contributed by atoms with Crippen LogP contribution in [0.2, 0.25) is 0 Å². The molecule has 1 saturated heterocycles. The molecule has 1 amide bonds. The van der Waals surface area contributed by atoms with Gasteiger partial charge in [0.1, 0.15) is 11.5 Å². The van der Waals surface area contributed by atoms with Gasteiger partial charge in [-0.05, 0) is 86.3 Å². The first kappa shape index (κ1) is 27.6. The third kappa shape index (κ3) is 5.85. The number of anilines is 1. The van der Waals surface area contributed by atoms with Gasteiger partial charge in [0.2, 0.25) is 0 Å². The number of ether oxygens (including phenoxy) is 2. The Kier molecular flexibility index (Phi) is 8.14. The molecule has 0 spiro atoms. The summed E-state index contributed by atoms with van der Waals surface area (Å²) in [5.74, 6) is -1.47. The van der Waals surface area contributed by atoms with Crippen LogP contribution in [0.3, 0.4) is 0 Å². The highest BCUT2D eigenvalue weighted by molar-refractivity contribution is 6.51. The fourth-order valence-electron chi connectivity index (χ4n) is 4.40. The first-order valence-electron chi connectivity index (χ1n) is 12.8. The average molecular weight is 529 g/mol. The Morgan fingerprint density at radius 2 is 1.72 bits per heavy atom. The number of carbonyl (C=O) groups is 3. The second-order valence-electron chi connectivity index (χ2n) is 10.1.